The summed E-state index contributed by atoms with van der Waals surface area (Å²) in [4.78, 5) is 5.57. The molecule has 0 amide bonds. The largest absolute Gasteiger partial charge is 0.382 e. The van der Waals surface area contributed by atoms with E-state index in [0.717, 1.165) is 24.3 Å². The normalized spacial score (nSPS) is 10.5. The van der Waals surface area contributed by atoms with Crippen molar-refractivity contribution in [2.24, 2.45) is 7.05 Å². The summed E-state index contributed by atoms with van der Waals surface area (Å²) in [6, 6.07) is 0. The number of thiazole rings is 1. The summed E-state index contributed by atoms with van der Waals surface area (Å²) in [6.45, 7) is 2.98. The molecule has 15 heavy (non-hydrogen) atoms. The number of hydrogen-bond donors (Lipinski definition) is 1. The van der Waals surface area contributed by atoms with Crippen LogP contribution >= 0.6 is 11.3 Å². The molecule has 0 aromatic carbocycles. The van der Waals surface area contributed by atoms with Gasteiger partial charge in [0.05, 0.1) is 23.1 Å². The molecule has 2 rings (SSSR count). The van der Waals surface area contributed by atoms with Crippen LogP contribution in [0.15, 0.2) is 17.9 Å². The van der Waals surface area contributed by atoms with E-state index in [0.29, 0.717) is 0 Å². The fourth-order valence-corrected chi connectivity index (χ4v) is 2.18. The molecule has 0 aliphatic rings. The van der Waals surface area contributed by atoms with Crippen molar-refractivity contribution in [3.8, 4) is 0 Å². The monoisotopic (exact) mass is 222 g/mol. The number of rotatable bonds is 4. The highest BCUT2D eigenvalue weighted by molar-refractivity contribution is 7.09. The van der Waals surface area contributed by atoms with E-state index < -0.39 is 0 Å². The van der Waals surface area contributed by atoms with E-state index in [1.165, 1.54) is 4.88 Å². The van der Waals surface area contributed by atoms with Crippen molar-refractivity contribution in [1.29, 1.82) is 0 Å². The molecule has 2 heterocycles. The number of nitrogens with zero attached hydrogens (tertiary/aromatic N) is 3. The maximum Gasteiger partial charge on any atom is 0.0797 e. The summed E-state index contributed by atoms with van der Waals surface area (Å²) in [5, 5.41) is 7.42. The third-order valence-corrected chi connectivity index (χ3v) is 3.23. The zero-order valence-electron chi connectivity index (χ0n) is 8.90. The Labute approximate surface area is 93.0 Å². The smallest absolute Gasteiger partial charge is 0.0797 e. The standard InChI is InChI=1S/C10H14N4S/c1-8-10(15-7-12-8)3-4-11-9-5-13-14(2)6-9/h5-7,11H,3-4H2,1-2H3. The molecule has 2 aromatic heterocycles. The third kappa shape index (κ3) is 2.56. The van der Waals surface area contributed by atoms with Gasteiger partial charge >= 0.3 is 0 Å². The summed E-state index contributed by atoms with van der Waals surface area (Å²) < 4.78 is 1.79. The van der Waals surface area contributed by atoms with Gasteiger partial charge in [0.15, 0.2) is 0 Å². The van der Waals surface area contributed by atoms with Crippen LogP contribution in [0, 0.1) is 6.92 Å². The molecular weight excluding hydrogens is 208 g/mol. The van der Waals surface area contributed by atoms with Crippen LogP contribution in [0.4, 0.5) is 5.69 Å². The Balaban J connectivity index is 1.83. The average molecular weight is 222 g/mol. The van der Waals surface area contributed by atoms with Crippen LogP contribution in [-0.2, 0) is 13.5 Å². The number of hydrogen-bond acceptors (Lipinski definition) is 4. The van der Waals surface area contributed by atoms with Crippen LogP contribution in [0.25, 0.3) is 0 Å². The van der Waals surface area contributed by atoms with Gasteiger partial charge in [-0.2, -0.15) is 5.10 Å². The SMILES string of the molecule is Cc1ncsc1CCNc1cnn(C)c1. The predicted octanol–water partition coefficient (Wildman–Crippen LogP) is 1.84. The number of aromatic nitrogens is 3. The minimum atomic E-state index is 0.925. The fourth-order valence-electron chi connectivity index (χ4n) is 1.40. The van der Waals surface area contributed by atoms with Crippen LogP contribution in [0.1, 0.15) is 10.6 Å². The van der Waals surface area contributed by atoms with E-state index in [1.807, 2.05) is 25.0 Å². The van der Waals surface area contributed by atoms with Crippen LogP contribution in [0.2, 0.25) is 0 Å². The Bertz CT molecular complexity index is 432. The van der Waals surface area contributed by atoms with Crippen molar-refractivity contribution in [1.82, 2.24) is 14.8 Å². The first-order valence-corrected chi connectivity index (χ1v) is 5.75. The first-order chi connectivity index (χ1) is 7.25. The zero-order valence-corrected chi connectivity index (χ0v) is 9.71. The predicted molar refractivity (Wildman–Crippen MR) is 62.3 cm³/mol. The first-order valence-electron chi connectivity index (χ1n) is 4.87. The molecule has 80 valence electrons. The highest BCUT2D eigenvalue weighted by Crippen LogP contribution is 2.13. The van der Waals surface area contributed by atoms with Gasteiger partial charge in [0.25, 0.3) is 0 Å². The van der Waals surface area contributed by atoms with Crippen LogP contribution in [0.3, 0.4) is 0 Å². The van der Waals surface area contributed by atoms with E-state index in [9.17, 15) is 0 Å². The van der Waals surface area contributed by atoms with Gasteiger partial charge < -0.3 is 5.32 Å². The lowest BCUT2D eigenvalue weighted by atomic mass is 10.3. The van der Waals surface area contributed by atoms with Gasteiger partial charge in [-0.25, -0.2) is 4.98 Å². The molecular formula is C10H14N4S. The van der Waals surface area contributed by atoms with Gasteiger partial charge in [-0.15, -0.1) is 11.3 Å². The zero-order chi connectivity index (χ0) is 10.7. The second-order valence-corrected chi connectivity index (χ2v) is 4.38. The van der Waals surface area contributed by atoms with Crippen molar-refractivity contribution in [2.45, 2.75) is 13.3 Å². The van der Waals surface area contributed by atoms with Crippen molar-refractivity contribution < 1.29 is 0 Å². The molecule has 4 nitrogen and oxygen atoms in total. The van der Waals surface area contributed by atoms with Crippen LogP contribution < -0.4 is 5.32 Å². The molecule has 0 aliphatic carbocycles. The molecule has 0 bridgehead atoms. The summed E-state index contributed by atoms with van der Waals surface area (Å²) in [5.74, 6) is 0. The number of aryl methyl sites for hydroxylation is 2. The van der Waals surface area contributed by atoms with Crippen molar-refractivity contribution >= 4 is 17.0 Å². The van der Waals surface area contributed by atoms with Crippen molar-refractivity contribution in [3.63, 3.8) is 0 Å². The second kappa shape index (κ2) is 4.44. The van der Waals surface area contributed by atoms with E-state index in [-0.39, 0.29) is 0 Å². The molecule has 1 N–H and O–H groups in total. The minimum absolute atomic E-state index is 0.925. The maximum absolute atomic E-state index is 4.22. The summed E-state index contributed by atoms with van der Waals surface area (Å²) in [5.41, 5.74) is 4.11. The van der Waals surface area contributed by atoms with Crippen LogP contribution in [0.5, 0.6) is 0 Å². The molecule has 2 aromatic rings. The fraction of sp³-hybridized carbons (Fsp3) is 0.400. The first kappa shape index (κ1) is 10.2. The van der Waals surface area contributed by atoms with Crippen molar-refractivity contribution in [2.75, 3.05) is 11.9 Å². The molecule has 0 saturated carbocycles. The Morgan fingerprint density at radius 2 is 2.40 bits per heavy atom. The lowest BCUT2D eigenvalue weighted by Crippen LogP contribution is -2.03. The van der Waals surface area contributed by atoms with Gasteiger partial charge in [-0.1, -0.05) is 0 Å². The van der Waals surface area contributed by atoms with Gasteiger partial charge in [0, 0.05) is 31.1 Å². The number of nitrogens with one attached hydrogen (secondary N) is 1. The van der Waals surface area contributed by atoms with Crippen LogP contribution in [-0.4, -0.2) is 21.3 Å². The third-order valence-electron chi connectivity index (χ3n) is 2.23. The molecule has 0 aliphatic heterocycles. The van der Waals surface area contributed by atoms with Gasteiger partial charge in [0.2, 0.25) is 0 Å². The Hall–Kier alpha value is -1.36. The molecule has 0 radical (unpaired) electrons. The number of anilines is 1. The lowest BCUT2D eigenvalue weighted by molar-refractivity contribution is 0.768. The quantitative estimate of drug-likeness (QED) is 0.858. The Kier molecular flexibility index (Phi) is 3.01. The molecule has 0 fully saturated rings. The maximum atomic E-state index is 4.22. The molecule has 0 atom stereocenters. The Morgan fingerprint density at radius 3 is 3.00 bits per heavy atom. The second-order valence-electron chi connectivity index (χ2n) is 3.44. The molecule has 0 spiro atoms. The summed E-state index contributed by atoms with van der Waals surface area (Å²) >= 11 is 1.72. The van der Waals surface area contributed by atoms with E-state index >= 15 is 0 Å². The highest BCUT2D eigenvalue weighted by Gasteiger charge is 2.01. The Morgan fingerprint density at radius 1 is 1.53 bits per heavy atom. The summed E-state index contributed by atoms with van der Waals surface area (Å²) in [6.07, 6.45) is 4.82. The van der Waals surface area contributed by atoms with E-state index in [2.05, 4.69) is 22.3 Å². The molecule has 0 unspecified atom stereocenters. The minimum Gasteiger partial charge on any atom is -0.382 e. The summed E-state index contributed by atoms with van der Waals surface area (Å²) in [7, 11) is 1.92. The lowest BCUT2D eigenvalue weighted by Gasteiger charge is -2.01. The van der Waals surface area contributed by atoms with Crippen molar-refractivity contribution in [3.05, 3.63) is 28.5 Å². The van der Waals surface area contributed by atoms with Gasteiger partial charge in [0.1, 0.15) is 0 Å². The van der Waals surface area contributed by atoms with Gasteiger partial charge in [-0.05, 0) is 6.92 Å². The topological polar surface area (TPSA) is 42.7 Å². The van der Waals surface area contributed by atoms with E-state index in [1.54, 1.807) is 16.0 Å². The molecule has 0 saturated heterocycles. The van der Waals surface area contributed by atoms with E-state index in [4.69, 9.17) is 0 Å². The average Bonchev–Trinajstić information content (AvgIpc) is 2.77. The highest BCUT2D eigenvalue weighted by atomic mass is 32.1. The molecule has 5 heteroatoms. The van der Waals surface area contributed by atoms with Gasteiger partial charge in [-0.3, -0.25) is 4.68 Å².